The molecule has 0 aliphatic heterocycles. The lowest BCUT2D eigenvalue weighted by Crippen LogP contribution is -2.13. The number of amides is 1. The van der Waals surface area contributed by atoms with Gasteiger partial charge in [-0.3, -0.25) is 14.9 Å². The summed E-state index contributed by atoms with van der Waals surface area (Å²) in [6.45, 7) is 4.08. The summed E-state index contributed by atoms with van der Waals surface area (Å²) in [6.07, 6.45) is 1.66. The Morgan fingerprint density at radius 3 is 2.40 bits per heavy atom. The number of non-ortho nitro benzene ring substituents is 1. The molecule has 1 amide bonds. The molecule has 0 atom stereocenters. The molecule has 0 saturated carbocycles. The van der Waals surface area contributed by atoms with Gasteiger partial charge in [0, 0.05) is 29.3 Å². The maximum Gasteiger partial charge on any atom is 0.269 e. The topological polar surface area (TPSA) is 85.1 Å². The highest BCUT2D eigenvalue weighted by Gasteiger charge is 2.12. The van der Waals surface area contributed by atoms with Crippen LogP contribution in [0.15, 0.2) is 91.6 Å². The third-order valence-electron chi connectivity index (χ3n) is 4.81. The number of nitrogens with zero attached hydrogens (tertiary/aromatic N) is 2. The number of hydrogen-bond donors (Lipinski definition) is 1. The molecule has 0 bridgehead atoms. The van der Waals surface area contributed by atoms with Crippen LogP contribution in [-0.2, 0) is 0 Å². The van der Waals surface area contributed by atoms with Crippen LogP contribution in [0, 0.1) is 10.1 Å². The summed E-state index contributed by atoms with van der Waals surface area (Å²) in [7, 11) is 0. The number of anilines is 1. The number of rotatable bonds is 5. The van der Waals surface area contributed by atoms with E-state index in [0.717, 1.165) is 21.9 Å². The van der Waals surface area contributed by atoms with Crippen molar-refractivity contribution < 1.29 is 9.72 Å². The molecule has 0 unspecified atom stereocenters. The van der Waals surface area contributed by atoms with E-state index in [4.69, 9.17) is 0 Å². The summed E-state index contributed by atoms with van der Waals surface area (Å²) >= 11 is 0. The monoisotopic (exact) mass is 395 g/mol. The molecule has 0 saturated heterocycles. The minimum Gasteiger partial charge on any atom is -0.306 e. The average molecular weight is 395 g/mol. The second-order valence-electron chi connectivity index (χ2n) is 6.70. The van der Waals surface area contributed by atoms with Gasteiger partial charge in [0.25, 0.3) is 11.6 Å². The second-order valence-corrected chi connectivity index (χ2v) is 6.70. The number of pyridine rings is 1. The Labute approximate surface area is 172 Å². The fourth-order valence-corrected chi connectivity index (χ4v) is 3.20. The van der Waals surface area contributed by atoms with Gasteiger partial charge in [0.05, 0.1) is 4.92 Å². The molecule has 4 rings (SSSR count). The Hall–Kier alpha value is -4.32. The highest BCUT2D eigenvalue weighted by molar-refractivity contribution is 6.08. The van der Waals surface area contributed by atoms with Crippen LogP contribution in [0.3, 0.4) is 0 Å². The van der Waals surface area contributed by atoms with Crippen LogP contribution >= 0.6 is 0 Å². The summed E-state index contributed by atoms with van der Waals surface area (Å²) in [5.74, 6) is 0.218. The standard InChI is InChI=1S/C24H17N3O3/c1-16(17-9-11-21(12-10-17)27(29)30)19-6-4-7-20(15-19)24(28)26-23-22-8-3-2-5-18(22)13-14-25-23/h2-15H,1H2,(H,25,26,28). The first-order valence-electron chi connectivity index (χ1n) is 9.22. The largest absolute Gasteiger partial charge is 0.306 e. The Morgan fingerprint density at radius 1 is 0.900 bits per heavy atom. The SMILES string of the molecule is C=C(c1ccc([N+](=O)[O-])cc1)c1cccc(C(=O)Nc2nccc3ccccc23)c1. The van der Waals surface area contributed by atoms with E-state index in [9.17, 15) is 14.9 Å². The van der Waals surface area contributed by atoms with Gasteiger partial charge in [0.1, 0.15) is 5.82 Å². The van der Waals surface area contributed by atoms with E-state index in [1.807, 2.05) is 36.4 Å². The van der Waals surface area contributed by atoms with Gasteiger partial charge in [-0.05, 0) is 52.4 Å². The van der Waals surface area contributed by atoms with E-state index >= 15 is 0 Å². The number of nitro benzene ring substituents is 1. The number of nitrogens with one attached hydrogen (secondary N) is 1. The predicted molar refractivity (Wildman–Crippen MR) is 117 cm³/mol. The van der Waals surface area contributed by atoms with E-state index in [2.05, 4.69) is 16.9 Å². The van der Waals surface area contributed by atoms with Crippen molar-refractivity contribution in [3.63, 3.8) is 0 Å². The maximum absolute atomic E-state index is 12.8. The van der Waals surface area contributed by atoms with Gasteiger partial charge in [0.2, 0.25) is 0 Å². The Bertz CT molecular complexity index is 1280. The first kappa shape index (κ1) is 19.0. The van der Waals surface area contributed by atoms with Crippen LogP contribution in [-0.4, -0.2) is 15.8 Å². The fraction of sp³-hybridized carbons (Fsp3) is 0. The molecule has 4 aromatic rings. The lowest BCUT2D eigenvalue weighted by Gasteiger charge is -2.10. The van der Waals surface area contributed by atoms with E-state index < -0.39 is 4.92 Å². The normalized spacial score (nSPS) is 10.5. The predicted octanol–water partition coefficient (Wildman–Crippen LogP) is 5.46. The van der Waals surface area contributed by atoms with Crippen molar-refractivity contribution in [3.8, 4) is 0 Å². The van der Waals surface area contributed by atoms with Crippen molar-refractivity contribution in [1.82, 2.24) is 4.98 Å². The zero-order valence-corrected chi connectivity index (χ0v) is 15.9. The van der Waals surface area contributed by atoms with Gasteiger partial charge in [0.15, 0.2) is 0 Å². The van der Waals surface area contributed by atoms with Crippen LogP contribution in [0.2, 0.25) is 0 Å². The summed E-state index contributed by atoms with van der Waals surface area (Å²) in [4.78, 5) is 27.5. The Morgan fingerprint density at radius 2 is 1.63 bits per heavy atom. The van der Waals surface area contributed by atoms with Gasteiger partial charge in [-0.25, -0.2) is 4.98 Å². The summed E-state index contributed by atoms with van der Waals surface area (Å²) in [5.41, 5.74) is 2.65. The number of carbonyl (C=O) groups excluding carboxylic acids is 1. The number of nitro groups is 1. The summed E-state index contributed by atoms with van der Waals surface area (Å²) in [5, 5.41) is 15.6. The zero-order chi connectivity index (χ0) is 21.1. The van der Waals surface area contributed by atoms with Crippen LogP contribution in [0.1, 0.15) is 21.5 Å². The molecule has 0 spiro atoms. The highest BCUT2D eigenvalue weighted by Crippen LogP contribution is 2.25. The third-order valence-corrected chi connectivity index (χ3v) is 4.81. The smallest absolute Gasteiger partial charge is 0.269 e. The number of aromatic nitrogens is 1. The number of carbonyl (C=O) groups is 1. The van der Waals surface area contributed by atoms with Gasteiger partial charge < -0.3 is 5.32 Å². The van der Waals surface area contributed by atoms with E-state index in [1.54, 1.807) is 36.5 Å². The summed E-state index contributed by atoms with van der Waals surface area (Å²) in [6, 6.07) is 22.8. The van der Waals surface area contributed by atoms with Crippen LogP contribution in [0.5, 0.6) is 0 Å². The zero-order valence-electron chi connectivity index (χ0n) is 15.9. The van der Waals surface area contributed by atoms with Crippen molar-refractivity contribution in [2.75, 3.05) is 5.32 Å². The van der Waals surface area contributed by atoms with Crippen LogP contribution < -0.4 is 5.32 Å². The Balaban J connectivity index is 1.58. The molecule has 0 aliphatic rings. The molecule has 1 heterocycles. The van der Waals surface area contributed by atoms with Crippen molar-refractivity contribution in [2.24, 2.45) is 0 Å². The average Bonchev–Trinajstić information content (AvgIpc) is 2.79. The molecule has 146 valence electrons. The number of fused-ring (bicyclic) bond motifs is 1. The van der Waals surface area contributed by atoms with E-state index in [1.165, 1.54) is 12.1 Å². The summed E-state index contributed by atoms with van der Waals surface area (Å²) < 4.78 is 0. The molecule has 1 N–H and O–H groups in total. The Kier molecular flexibility index (Phi) is 5.05. The van der Waals surface area contributed by atoms with Crippen molar-refractivity contribution >= 4 is 33.8 Å². The van der Waals surface area contributed by atoms with Crippen molar-refractivity contribution in [2.45, 2.75) is 0 Å². The maximum atomic E-state index is 12.8. The first-order chi connectivity index (χ1) is 14.5. The highest BCUT2D eigenvalue weighted by atomic mass is 16.6. The van der Waals surface area contributed by atoms with Gasteiger partial charge >= 0.3 is 0 Å². The quantitative estimate of drug-likeness (QED) is 0.359. The molecular formula is C24H17N3O3. The molecule has 1 aromatic heterocycles. The van der Waals surface area contributed by atoms with Crippen LogP contribution in [0.4, 0.5) is 11.5 Å². The van der Waals surface area contributed by atoms with Gasteiger partial charge in [-0.15, -0.1) is 0 Å². The second kappa shape index (κ2) is 7.97. The van der Waals surface area contributed by atoms with Gasteiger partial charge in [-0.1, -0.05) is 43.0 Å². The van der Waals surface area contributed by atoms with Crippen LogP contribution in [0.25, 0.3) is 16.3 Å². The number of hydrogen-bond acceptors (Lipinski definition) is 4. The first-order valence-corrected chi connectivity index (χ1v) is 9.22. The van der Waals surface area contributed by atoms with Gasteiger partial charge in [-0.2, -0.15) is 0 Å². The fourth-order valence-electron chi connectivity index (χ4n) is 3.20. The molecule has 3 aromatic carbocycles. The molecule has 6 nitrogen and oxygen atoms in total. The molecular weight excluding hydrogens is 378 g/mol. The molecule has 0 aliphatic carbocycles. The minimum atomic E-state index is -0.446. The third kappa shape index (κ3) is 3.79. The molecule has 6 heteroatoms. The lowest BCUT2D eigenvalue weighted by atomic mass is 9.97. The minimum absolute atomic E-state index is 0.0160. The van der Waals surface area contributed by atoms with E-state index in [0.29, 0.717) is 17.0 Å². The molecule has 30 heavy (non-hydrogen) atoms. The number of benzene rings is 3. The lowest BCUT2D eigenvalue weighted by molar-refractivity contribution is -0.384. The van der Waals surface area contributed by atoms with Crippen molar-refractivity contribution in [3.05, 3.63) is 118 Å². The van der Waals surface area contributed by atoms with Crippen molar-refractivity contribution in [1.29, 1.82) is 0 Å². The van der Waals surface area contributed by atoms with E-state index in [-0.39, 0.29) is 11.6 Å². The molecule has 0 fully saturated rings. The molecule has 0 radical (unpaired) electrons.